The molecule has 2 bridgehead atoms. The molecule has 1 saturated heterocycles. The predicted molar refractivity (Wildman–Crippen MR) is 172 cm³/mol. The molecule has 3 fully saturated rings. The summed E-state index contributed by atoms with van der Waals surface area (Å²) in [7, 11) is 0. The summed E-state index contributed by atoms with van der Waals surface area (Å²) in [6, 6.07) is 13.7. The zero-order valence-electron chi connectivity index (χ0n) is 26.1. The minimum absolute atomic E-state index is 0.0340. The minimum atomic E-state index is -0.508. The summed E-state index contributed by atoms with van der Waals surface area (Å²) in [5, 5.41) is 0. The number of aliphatic imine (C=N–C) groups is 1. The van der Waals surface area contributed by atoms with Crippen molar-refractivity contribution in [2.45, 2.75) is 109 Å². The van der Waals surface area contributed by atoms with Crippen molar-refractivity contribution < 1.29 is 14.3 Å². The average molecular weight is 591 g/mol. The Hall–Kier alpha value is -3.71. The molecule has 3 atom stereocenters. The van der Waals surface area contributed by atoms with Gasteiger partial charge in [-0.25, -0.2) is 9.78 Å². The summed E-state index contributed by atoms with van der Waals surface area (Å²) >= 11 is 0. The summed E-state index contributed by atoms with van der Waals surface area (Å²) in [6.45, 7) is 6.96. The number of amides is 1. The molecule has 7 heteroatoms. The van der Waals surface area contributed by atoms with Crippen LogP contribution in [0.4, 0.5) is 4.79 Å². The van der Waals surface area contributed by atoms with Crippen molar-refractivity contribution in [1.82, 2.24) is 14.9 Å². The third kappa shape index (κ3) is 4.99. The molecule has 7 nitrogen and oxygen atoms in total. The van der Waals surface area contributed by atoms with Crippen LogP contribution in [0, 0.1) is 5.92 Å². The van der Waals surface area contributed by atoms with Crippen molar-refractivity contribution >= 4 is 17.4 Å². The molecular weight excluding hydrogens is 548 g/mol. The second-order valence-electron chi connectivity index (χ2n) is 14.4. The number of hydrogen-bond acceptors (Lipinski definition) is 5. The van der Waals surface area contributed by atoms with E-state index in [0.29, 0.717) is 25.0 Å². The number of nitrogens with zero attached hydrogens (tertiary/aromatic N) is 3. The molecule has 1 amide bonds. The maximum absolute atomic E-state index is 13.2. The van der Waals surface area contributed by atoms with E-state index in [-0.39, 0.29) is 18.2 Å². The average Bonchev–Trinajstić information content (AvgIpc) is 3.83. The fourth-order valence-electron chi connectivity index (χ4n) is 8.28. The number of likely N-dealkylation sites (tertiary alicyclic amines) is 1. The summed E-state index contributed by atoms with van der Waals surface area (Å²) < 4.78 is 12.1. The van der Waals surface area contributed by atoms with Gasteiger partial charge in [0.2, 0.25) is 0 Å². The van der Waals surface area contributed by atoms with Crippen LogP contribution in [-0.4, -0.2) is 44.4 Å². The molecule has 2 aromatic carbocycles. The third-order valence-electron chi connectivity index (χ3n) is 10.3. The van der Waals surface area contributed by atoms with E-state index < -0.39 is 5.60 Å². The van der Waals surface area contributed by atoms with Gasteiger partial charge in [-0.3, -0.25) is 9.89 Å². The molecular formula is C37H42N4O3. The van der Waals surface area contributed by atoms with Crippen LogP contribution in [0.25, 0.3) is 28.0 Å². The summed E-state index contributed by atoms with van der Waals surface area (Å²) in [5.74, 6) is 2.17. The quantitative estimate of drug-likeness (QED) is 0.331. The van der Waals surface area contributed by atoms with Gasteiger partial charge in [0.05, 0.1) is 31.1 Å². The van der Waals surface area contributed by atoms with Gasteiger partial charge in [0, 0.05) is 30.3 Å². The van der Waals surface area contributed by atoms with Crippen LogP contribution in [0.1, 0.15) is 101 Å². The number of H-pyrrole nitrogens is 1. The number of rotatable bonds is 4. The molecule has 0 unspecified atom stereocenters. The van der Waals surface area contributed by atoms with E-state index in [9.17, 15) is 4.79 Å². The molecule has 228 valence electrons. The molecule has 4 heterocycles. The number of carbonyl (C=O) groups is 1. The first-order valence-electron chi connectivity index (χ1n) is 16.5. The van der Waals surface area contributed by atoms with Crippen molar-refractivity contribution in [2.75, 3.05) is 0 Å². The Labute approximate surface area is 259 Å². The number of aromatic amines is 1. The van der Waals surface area contributed by atoms with Crippen LogP contribution >= 0.6 is 0 Å². The lowest BCUT2D eigenvalue weighted by atomic mass is 9.89. The van der Waals surface area contributed by atoms with Crippen molar-refractivity contribution in [3.63, 3.8) is 0 Å². The van der Waals surface area contributed by atoms with Gasteiger partial charge in [0.1, 0.15) is 11.4 Å². The van der Waals surface area contributed by atoms with Crippen molar-refractivity contribution in [1.29, 1.82) is 0 Å². The van der Waals surface area contributed by atoms with Gasteiger partial charge in [-0.1, -0.05) is 37.1 Å². The Morgan fingerprint density at radius 1 is 0.977 bits per heavy atom. The molecule has 0 radical (unpaired) electrons. The highest BCUT2D eigenvalue weighted by atomic mass is 16.6. The van der Waals surface area contributed by atoms with Gasteiger partial charge >= 0.3 is 6.09 Å². The third-order valence-corrected chi connectivity index (χ3v) is 10.3. The maximum Gasteiger partial charge on any atom is 0.411 e. The summed E-state index contributed by atoms with van der Waals surface area (Å²) in [4.78, 5) is 28.5. The lowest BCUT2D eigenvalue weighted by molar-refractivity contribution is 0.0142. The molecule has 1 aromatic heterocycles. The van der Waals surface area contributed by atoms with E-state index in [4.69, 9.17) is 19.5 Å². The van der Waals surface area contributed by atoms with Gasteiger partial charge in [-0.2, -0.15) is 0 Å². The fraction of sp³-hybridized carbons (Fsp3) is 0.486. The van der Waals surface area contributed by atoms with E-state index in [0.717, 1.165) is 48.5 Å². The van der Waals surface area contributed by atoms with Gasteiger partial charge in [-0.15, -0.1) is 0 Å². The predicted octanol–water partition coefficient (Wildman–Crippen LogP) is 8.41. The number of allylic oxidation sites excluding steroid dienone is 1. The highest BCUT2D eigenvalue weighted by molar-refractivity contribution is 6.03. The number of aromatic nitrogens is 2. The van der Waals surface area contributed by atoms with Gasteiger partial charge in [0.25, 0.3) is 0 Å². The van der Waals surface area contributed by atoms with E-state index in [1.807, 2.05) is 38.1 Å². The fourth-order valence-corrected chi connectivity index (χ4v) is 8.28. The highest BCUT2D eigenvalue weighted by Gasteiger charge is 2.51. The number of piperidine rings is 1. The molecule has 2 saturated carbocycles. The molecule has 8 rings (SSSR count). The highest BCUT2D eigenvalue weighted by Crippen LogP contribution is 2.46. The van der Waals surface area contributed by atoms with E-state index in [1.165, 1.54) is 59.1 Å². The summed E-state index contributed by atoms with van der Waals surface area (Å²) in [6.07, 6.45) is 12.9. The first kappa shape index (κ1) is 27.8. The Kier molecular flexibility index (Phi) is 6.78. The molecule has 5 aliphatic rings. The largest absolute Gasteiger partial charge is 0.444 e. The van der Waals surface area contributed by atoms with Crippen molar-refractivity contribution in [3.8, 4) is 22.4 Å². The first-order chi connectivity index (χ1) is 21.3. The molecule has 3 aliphatic heterocycles. The molecule has 0 spiro atoms. The van der Waals surface area contributed by atoms with Crippen molar-refractivity contribution in [3.05, 3.63) is 71.3 Å². The lowest BCUT2D eigenvalue weighted by Gasteiger charge is -2.36. The SMILES string of the molecule is CC(C)(C)OC(=O)N1[C@@H]2CC[C@@H](C2)[C@H]1C1=NC=C(c2ccc3c(c2)COCc2cc(-c4cnc(C5CCCC5)[nH]4)ccc2-3)C1. The summed E-state index contributed by atoms with van der Waals surface area (Å²) in [5.41, 5.74) is 10.1. The van der Waals surface area contributed by atoms with Crippen molar-refractivity contribution in [2.24, 2.45) is 10.9 Å². The zero-order valence-corrected chi connectivity index (χ0v) is 26.1. The van der Waals surface area contributed by atoms with Crippen LogP contribution in [0.5, 0.6) is 0 Å². The van der Waals surface area contributed by atoms with E-state index in [1.54, 1.807) is 0 Å². The second-order valence-corrected chi connectivity index (χ2v) is 14.4. The molecule has 3 aromatic rings. The normalized spacial score (nSPS) is 24.6. The minimum Gasteiger partial charge on any atom is -0.444 e. The Balaban J connectivity index is 1.01. The second kappa shape index (κ2) is 10.7. The van der Waals surface area contributed by atoms with Gasteiger partial charge in [0.15, 0.2) is 0 Å². The van der Waals surface area contributed by atoms with Crippen LogP contribution in [-0.2, 0) is 22.7 Å². The smallest absolute Gasteiger partial charge is 0.411 e. The topological polar surface area (TPSA) is 79.8 Å². The monoisotopic (exact) mass is 590 g/mol. The number of carbonyl (C=O) groups excluding carboxylic acids is 1. The van der Waals surface area contributed by atoms with Crippen LogP contribution in [0.15, 0.2) is 53.8 Å². The van der Waals surface area contributed by atoms with Gasteiger partial charge < -0.3 is 14.5 Å². The number of hydrogen-bond donors (Lipinski definition) is 1. The Bertz CT molecular complexity index is 1670. The van der Waals surface area contributed by atoms with Crippen LogP contribution in [0.3, 0.4) is 0 Å². The zero-order chi connectivity index (χ0) is 30.0. The lowest BCUT2D eigenvalue weighted by Crippen LogP contribution is -2.50. The Morgan fingerprint density at radius 2 is 1.70 bits per heavy atom. The van der Waals surface area contributed by atoms with Crippen LogP contribution in [0.2, 0.25) is 0 Å². The van der Waals surface area contributed by atoms with E-state index >= 15 is 0 Å². The Morgan fingerprint density at radius 3 is 2.45 bits per heavy atom. The molecule has 1 N–H and O–H groups in total. The van der Waals surface area contributed by atoms with E-state index in [2.05, 4.69) is 41.4 Å². The number of fused-ring (bicyclic) bond motifs is 5. The number of imidazole rings is 1. The number of benzene rings is 2. The maximum atomic E-state index is 13.2. The standard InChI is InChI=1S/C37H42N4O3/c1-37(2,3)44-36(42)41-29-11-8-25(16-29)34(41)32-17-26(18-38-32)23-9-12-30-27(14-23)20-43-21-28-15-24(10-13-31(28)30)33-19-39-35(40-33)22-6-4-5-7-22/h9-10,12-15,18-19,22,25,29,34H,4-8,11,16-17,20-21H2,1-3H3,(H,39,40)/t25-,29+,34-/m0/s1. The number of nitrogens with one attached hydrogen (secondary N) is 1. The number of ether oxygens (including phenoxy) is 2. The van der Waals surface area contributed by atoms with Crippen LogP contribution < -0.4 is 0 Å². The van der Waals surface area contributed by atoms with Gasteiger partial charge in [-0.05, 0) is 110 Å². The molecule has 2 aliphatic carbocycles. The molecule has 44 heavy (non-hydrogen) atoms. The first-order valence-corrected chi connectivity index (χ1v) is 16.5.